The fourth-order valence-electron chi connectivity index (χ4n) is 2.98. The number of sulfonamides is 1. The Balaban J connectivity index is 1.96. The maximum Gasteiger partial charge on any atom is 0.416 e. The molecule has 9 heteroatoms. The minimum absolute atomic E-state index is 0.0242. The molecule has 1 aliphatic heterocycles. The minimum Gasteiger partial charge on any atom is -0.349 e. The molecule has 1 atom stereocenters. The number of benzene rings is 1. The Morgan fingerprint density at radius 2 is 1.92 bits per heavy atom. The molecule has 0 spiro atoms. The highest BCUT2D eigenvalue weighted by Crippen LogP contribution is 2.31. The van der Waals surface area contributed by atoms with Gasteiger partial charge in [-0.2, -0.15) is 13.2 Å². The number of alkyl halides is 3. The number of nitrogens with zero attached hydrogens (tertiary/aromatic N) is 1. The molecule has 5 nitrogen and oxygen atoms in total. The molecule has 1 N–H and O–H groups in total. The summed E-state index contributed by atoms with van der Waals surface area (Å²) in [6.07, 6.45) is -3.63. The van der Waals surface area contributed by atoms with E-state index in [4.69, 9.17) is 0 Å². The van der Waals surface area contributed by atoms with E-state index in [0.29, 0.717) is 18.4 Å². The Kier molecular flexibility index (Phi) is 6.33. The van der Waals surface area contributed by atoms with Crippen molar-refractivity contribution in [1.29, 1.82) is 0 Å². The zero-order valence-electron chi connectivity index (χ0n) is 14.7. The van der Waals surface area contributed by atoms with Gasteiger partial charge in [-0.25, -0.2) is 12.7 Å². The number of hydrogen-bond acceptors (Lipinski definition) is 3. The van der Waals surface area contributed by atoms with Crippen molar-refractivity contribution in [1.82, 2.24) is 9.62 Å². The number of piperidine rings is 1. The molecule has 1 aromatic carbocycles. The van der Waals surface area contributed by atoms with Gasteiger partial charge in [-0.1, -0.05) is 12.1 Å². The van der Waals surface area contributed by atoms with E-state index in [1.165, 1.54) is 16.4 Å². The number of carbonyl (C=O) groups is 1. The first kappa shape index (κ1) is 20.7. The fraction of sp³-hybridized carbons (Fsp3) is 0.588. The molecule has 1 amide bonds. The van der Waals surface area contributed by atoms with Gasteiger partial charge in [-0.3, -0.25) is 4.79 Å². The quantitative estimate of drug-likeness (QED) is 0.838. The second-order valence-corrected chi connectivity index (χ2v) is 8.68. The Bertz CT molecular complexity index is 742. The number of carbonyl (C=O) groups excluding carboxylic acids is 1. The second kappa shape index (κ2) is 7.96. The summed E-state index contributed by atoms with van der Waals surface area (Å²) in [7, 11) is -3.26. The lowest BCUT2D eigenvalue weighted by Gasteiger charge is -2.31. The molecule has 1 fully saturated rings. The molecule has 0 saturated carbocycles. The second-order valence-electron chi connectivity index (χ2n) is 6.43. The predicted octanol–water partition coefficient (Wildman–Crippen LogP) is 2.94. The molecular formula is C17H23F3N2O3S. The van der Waals surface area contributed by atoms with E-state index in [1.54, 1.807) is 13.8 Å². The van der Waals surface area contributed by atoms with Gasteiger partial charge in [0, 0.05) is 19.0 Å². The van der Waals surface area contributed by atoms with Crippen LogP contribution in [0, 0.1) is 5.92 Å². The lowest BCUT2D eigenvalue weighted by molar-refractivity contribution is -0.137. The van der Waals surface area contributed by atoms with Crippen LogP contribution in [-0.2, 0) is 21.0 Å². The zero-order chi connectivity index (χ0) is 19.5. The Morgan fingerprint density at radius 3 is 2.46 bits per heavy atom. The lowest BCUT2D eigenvalue weighted by atomic mass is 9.96. The van der Waals surface area contributed by atoms with E-state index >= 15 is 0 Å². The number of halogens is 3. The lowest BCUT2D eigenvalue weighted by Crippen LogP contribution is -2.43. The summed E-state index contributed by atoms with van der Waals surface area (Å²) in [5, 5.41) is 2.74. The minimum atomic E-state index is -4.43. The van der Waals surface area contributed by atoms with Crippen LogP contribution in [0.15, 0.2) is 24.3 Å². The van der Waals surface area contributed by atoms with Gasteiger partial charge in [0.15, 0.2) is 0 Å². The van der Waals surface area contributed by atoms with Gasteiger partial charge in [-0.15, -0.1) is 0 Å². The van der Waals surface area contributed by atoms with Crippen LogP contribution in [0.3, 0.4) is 0 Å². The van der Waals surface area contributed by atoms with Crippen molar-refractivity contribution < 1.29 is 26.4 Å². The van der Waals surface area contributed by atoms with Crippen LogP contribution in [0.2, 0.25) is 0 Å². The van der Waals surface area contributed by atoms with Gasteiger partial charge in [0.25, 0.3) is 0 Å². The van der Waals surface area contributed by atoms with Crippen LogP contribution >= 0.6 is 0 Å². The molecule has 146 valence electrons. The summed E-state index contributed by atoms with van der Waals surface area (Å²) >= 11 is 0. The van der Waals surface area contributed by atoms with Crippen molar-refractivity contribution in [3.8, 4) is 0 Å². The van der Waals surface area contributed by atoms with Crippen LogP contribution in [0.5, 0.6) is 0 Å². The number of hydrogen-bond donors (Lipinski definition) is 1. The van der Waals surface area contributed by atoms with Crippen LogP contribution in [0.4, 0.5) is 13.2 Å². The van der Waals surface area contributed by atoms with Gasteiger partial charge in [-0.05, 0) is 44.4 Å². The average Bonchev–Trinajstić information content (AvgIpc) is 2.61. The van der Waals surface area contributed by atoms with E-state index in [9.17, 15) is 26.4 Å². The highest BCUT2D eigenvalue weighted by molar-refractivity contribution is 7.89. The van der Waals surface area contributed by atoms with Crippen LogP contribution in [0.25, 0.3) is 0 Å². The molecule has 1 saturated heterocycles. The summed E-state index contributed by atoms with van der Waals surface area (Å²) < 4.78 is 63.5. The predicted molar refractivity (Wildman–Crippen MR) is 91.8 cm³/mol. The van der Waals surface area contributed by atoms with Gasteiger partial charge < -0.3 is 5.32 Å². The Hall–Kier alpha value is -1.61. The molecule has 0 bridgehead atoms. The van der Waals surface area contributed by atoms with E-state index in [-0.39, 0.29) is 30.7 Å². The number of rotatable bonds is 5. The van der Waals surface area contributed by atoms with E-state index in [2.05, 4.69) is 5.32 Å². The van der Waals surface area contributed by atoms with Crippen LogP contribution in [0.1, 0.15) is 43.9 Å². The van der Waals surface area contributed by atoms with Gasteiger partial charge in [0.2, 0.25) is 15.9 Å². The van der Waals surface area contributed by atoms with Crippen molar-refractivity contribution in [2.75, 3.05) is 18.8 Å². The van der Waals surface area contributed by atoms with Crippen molar-refractivity contribution in [3.05, 3.63) is 35.4 Å². The number of nitrogens with one attached hydrogen (secondary N) is 1. The van der Waals surface area contributed by atoms with Crippen LogP contribution < -0.4 is 5.32 Å². The van der Waals surface area contributed by atoms with Gasteiger partial charge >= 0.3 is 6.18 Å². The van der Waals surface area contributed by atoms with Crippen molar-refractivity contribution in [2.45, 2.75) is 38.9 Å². The Labute approximate surface area is 151 Å². The molecule has 0 aliphatic carbocycles. The third-order valence-electron chi connectivity index (χ3n) is 4.66. The first-order chi connectivity index (χ1) is 12.0. The third-order valence-corrected chi connectivity index (χ3v) is 6.54. The highest BCUT2D eigenvalue weighted by Gasteiger charge is 2.32. The third kappa shape index (κ3) is 4.97. The van der Waals surface area contributed by atoms with Gasteiger partial charge in [0.05, 0.1) is 17.4 Å². The Morgan fingerprint density at radius 1 is 1.31 bits per heavy atom. The van der Waals surface area contributed by atoms with Gasteiger partial charge in [0.1, 0.15) is 0 Å². The summed E-state index contributed by atoms with van der Waals surface area (Å²) in [5.74, 6) is -0.578. The smallest absolute Gasteiger partial charge is 0.349 e. The molecule has 1 aromatic rings. The summed E-state index contributed by atoms with van der Waals surface area (Å²) in [5.41, 5.74) is -0.381. The number of amides is 1. The highest BCUT2D eigenvalue weighted by atomic mass is 32.2. The largest absolute Gasteiger partial charge is 0.416 e. The molecule has 1 unspecified atom stereocenters. The molecule has 2 rings (SSSR count). The summed E-state index contributed by atoms with van der Waals surface area (Å²) in [6, 6.07) is 4.30. The molecular weight excluding hydrogens is 369 g/mol. The topological polar surface area (TPSA) is 66.5 Å². The van der Waals surface area contributed by atoms with Crippen molar-refractivity contribution >= 4 is 15.9 Å². The van der Waals surface area contributed by atoms with E-state index in [0.717, 1.165) is 12.1 Å². The maximum absolute atomic E-state index is 12.8. The standard InChI is InChI=1S/C17H23F3N2O3S/c1-3-26(24,25)22-9-7-13(8-10-22)16(23)21-12(2)14-5-4-6-15(11-14)17(18,19)20/h4-6,11-13H,3,7-10H2,1-2H3,(H,21,23). The SMILES string of the molecule is CCS(=O)(=O)N1CCC(C(=O)NC(C)c2cccc(C(F)(F)F)c2)CC1. The first-order valence-electron chi connectivity index (χ1n) is 8.50. The molecule has 1 aliphatic rings. The van der Waals surface area contributed by atoms with E-state index < -0.39 is 27.8 Å². The maximum atomic E-state index is 12.8. The molecule has 0 radical (unpaired) electrons. The molecule has 1 heterocycles. The zero-order valence-corrected chi connectivity index (χ0v) is 15.5. The molecule has 0 aromatic heterocycles. The van der Waals surface area contributed by atoms with Crippen LogP contribution in [-0.4, -0.2) is 37.5 Å². The normalized spacial score (nSPS) is 18.5. The van der Waals surface area contributed by atoms with Crippen molar-refractivity contribution in [3.63, 3.8) is 0 Å². The van der Waals surface area contributed by atoms with Crippen molar-refractivity contribution in [2.24, 2.45) is 5.92 Å². The first-order valence-corrected chi connectivity index (χ1v) is 10.1. The monoisotopic (exact) mass is 392 g/mol. The fourth-order valence-corrected chi connectivity index (χ4v) is 4.11. The summed E-state index contributed by atoms with van der Waals surface area (Å²) in [4.78, 5) is 12.4. The van der Waals surface area contributed by atoms with E-state index in [1.807, 2.05) is 0 Å². The summed E-state index contributed by atoms with van der Waals surface area (Å²) in [6.45, 7) is 3.77. The average molecular weight is 392 g/mol. The molecule has 26 heavy (non-hydrogen) atoms.